The molecular formula is C23H33NO3Si. The van der Waals surface area contributed by atoms with Crippen LogP contribution in [0.1, 0.15) is 39.7 Å². The van der Waals surface area contributed by atoms with Crippen LogP contribution in [0.25, 0.3) is 0 Å². The van der Waals surface area contributed by atoms with E-state index in [0.29, 0.717) is 6.54 Å². The van der Waals surface area contributed by atoms with Crippen molar-refractivity contribution in [1.82, 2.24) is 4.90 Å². The lowest BCUT2D eigenvalue weighted by atomic mass is 9.72. The number of likely N-dealkylation sites (tertiary alicyclic amines) is 1. The number of ether oxygens (including phenoxy) is 1. The SMILES string of the molecule is C[C@H]1[C@H](O[Si](C)(C)C(C)(C)C)[C@]23C=C[C@H](C[C@H]2C(=O)N1Cc1ccccc1)O3. The zero-order valence-electron chi connectivity index (χ0n) is 17.9. The molecule has 0 unspecified atom stereocenters. The predicted molar refractivity (Wildman–Crippen MR) is 113 cm³/mol. The first kappa shape index (κ1) is 19.9. The number of carbonyl (C=O) groups excluding carboxylic acids is 1. The predicted octanol–water partition coefficient (Wildman–Crippen LogP) is 4.52. The van der Waals surface area contributed by atoms with Crippen LogP contribution < -0.4 is 0 Å². The molecule has 0 N–H and O–H groups in total. The minimum absolute atomic E-state index is 0.0421. The standard InChI is InChI=1S/C23H33NO3Si/c1-16-20(27-28(5,6)22(2,3)4)23-13-12-18(26-23)14-19(23)21(25)24(16)15-17-10-8-7-9-11-17/h7-13,16,18-20H,14-15H2,1-6H3/t16-,18+,19-,20-,23-/m0/s1. The molecule has 1 amide bonds. The maximum atomic E-state index is 13.5. The zero-order chi connectivity index (χ0) is 20.3. The Morgan fingerprint density at radius 3 is 2.54 bits per heavy atom. The van der Waals surface area contributed by atoms with E-state index in [1.165, 1.54) is 0 Å². The topological polar surface area (TPSA) is 38.8 Å². The summed E-state index contributed by atoms with van der Waals surface area (Å²) in [5, 5.41) is 0.102. The summed E-state index contributed by atoms with van der Waals surface area (Å²) in [7, 11) is -2.03. The molecule has 1 spiro atoms. The number of rotatable bonds is 4. The summed E-state index contributed by atoms with van der Waals surface area (Å²) >= 11 is 0. The first-order valence-electron chi connectivity index (χ1n) is 10.4. The number of fused-ring (bicyclic) bond motifs is 1. The molecule has 4 rings (SSSR count). The summed E-state index contributed by atoms with van der Waals surface area (Å²) in [6, 6.07) is 10.2. The van der Waals surface area contributed by atoms with Gasteiger partial charge in [-0.05, 0) is 37.0 Å². The lowest BCUT2D eigenvalue weighted by Gasteiger charge is -2.53. The molecule has 0 radical (unpaired) electrons. The van der Waals surface area contributed by atoms with Crippen molar-refractivity contribution in [2.75, 3.05) is 0 Å². The smallest absolute Gasteiger partial charge is 0.229 e. The fraction of sp³-hybridized carbons (Fsp3) is 0.609. The maximum absolute atomic E-state index is 13.5. The van der Waals surface area contributed by atoms with Crippen LogP contribution in [-0.2, 0) is 20.5 Å². The minimum Gasteiger partial charge on any atom is -0.409 e. The van der Waals surface area contributed by atoms with Gasteiger partial charge in [0.2, 0.25) is 5.91 Å². The molecule has 4 nitrogen and oxygen atoms in total. The van der Waals surface area contributed by atoms with Crippen molar-refractivity contribution in [3.8, 4) is 0 Å². The highest BCUT2D eigenvalue weighted by atomic mass is 28.4. The Morgan fingerprint density at radius 1 is 1.25 bits per heavy atom. The van der Waals surface area contributed by atoms with Gasteiger partial charge in [0.1, 0.15) is 5.60 Å². The number of hydrogen-bond acceptors (Lipinski definition) is 3. The van der Waals surface area contributed by atoms with Crippen molar-refractivity contribution in [2.45, 2.75) is 82.6 Å². The Kier molecular flexibility index (Phi) is 4.64. The van der Waals surface area contributed by atoms with Gasteiger partial charge in [-0.3, -0.25) is 4.79 Å². The van der Waals surface area contributed by atoms with Crippen LogP contribution in [0, 0.1) is 5.92 Å². The highest BCUT2D eigenvalue weighted by Gasteiger charge is 2.65. The van der Waals surface area contributed by atoms with Gasteiger partial charge in [-0.15, -0.1) is 0 Å². The number of nitrogens with zero attached hydrogens (tertiary/aromatic N) is 1. The molecule has 0 saturated carbocycles. The Balaban J connectivity index is 1.70. The Morgan fingerprint density at radius 2 is 1.93 bits per heavy atom. The zero-order valence-corrected chi connectivity index (χ0v) is 18.9. The molecule has 1 aromatic carbocycles. The van der Waals surface area contributed by atoms with E-state index in [4.69, 9.17) is 9.16 Å². The van der Waals surface area contributed by atoms with Crippen LogP contribution in [-0.4, -0.2) is 43.0 Å². The second-order valence-electron chi connectivity index (χ2n) is 10.1. The molecule has 28 heavy (non-hydrogen) atoms. The van der Waals surface area contributed by atoms with Crippen molar-refractivity contribution >= 4 is 14.2 Å². The number of amides is 1. The fourth-order valence-corrected chi connectivity index (χ4v) is 5.99. The third-order valence-corrected chi connectivity index (χ3v) is 11.8. The average Bonchev–Trinajstić information content (AvgIpc) is 3.22. The number of hydrogen-bond donors (Lipinski definition) is 0. The molecule has 0 aliphatic carbocycles. The van der Waals surface area contributed by atoms with Gasteiger partial charge < -0.3 is 14.1 Å². The lowest BCUT2D eigenvalue weighted by molar-refractivity contribution is -0.170. The quantitative estimate of drug-likeness (QED) is 0.552. The van der Waals surface area contributed by atoms with Crippen molar-refractivity contribution in [2.24, 2.45) is 5.92 Å². The van der Waals surface area contributed by atoms with Crippen molar-refractivity contribution in [3.63, 3.8) is 0 Å². The van der Waals surface area contributed by atoms with E-state index in [9.17, 15) is 4.79 Å². The largest absolute Gasteiger partial charge is 0.409 e. The van der Waals surface area contributed by atoms with E-state index < -0.39 is 13.9 Å². The van der Waals surface area contributed by atoms with Crippen LogP contribution in [0.5, 0.6) is 0 Å². The van der Waals surface area contributed by atoms with E-state index in [0.717, 1.165) is 12.0 Å². The molecule has 5 atom stereocenters. The van der Waals surface area contributed by atoms with Crippen LogP contribution >= 0.6 is 0 Å². The van der Waals surface area contributed by atoms with E-state index in [-0.39, 0.29) is 35.1 Å². The Labute approximate surface area is 170 Å². The number of piperidine rings is 1. The molecule has 5 heteroatoms. The van der Waals surface area contributed by atoms with Gasteiger partial charge in [-0.2, -0.15) is 0 Å². The first-order chi connectivity index (χ1) is 13.1. The van der Waals surface area contributed by atoms with Gasteiger partial charge in [0.25, 0.3) is 0 Å². The molecule has 3 aliphatic rings. The van der Waals surface area contributed by atoms with Crippen LogP contribution in [0.2, 0.25) is 18.1 Å². The molecule has 152 valence electrons. The molecule has 2 saturated heterocycles. The molecule has 3 aliphatic heterocycles. The maximum Gasteiger partial charge on any atom is 0.229 e. The minimum atomic E-state index is -2.03. The second kappa shape index (κ2) is 6.54. The molecule has 1 aromatic rings. The monoisotopic (exact) mass is 399 g/mol. The van der Waals surface area contributed by atoms with E-state index in [1.54, 1.807) is 0 Å². The average molecular weight is 400 g/mol. The first-order valence-corrected chi connectivity index (χ1v) is 13.4. The van der Waals surface area contributed by atoms with Gasteiger partial charge in [0.05, 0.1) is 24.2 Å². The highest BCUT2D eigenvalue weighted by molar-refractivity contribution is 6.74. The number of carbonyl (C=O) groups is 1. The molecule has 0 aromatic heterocycles. The summed E-state index contributed by atoms with van der Waals surface area (Å²) in [5.74, 6) is 0.0652. The number of benzene rings is 1. The van der Waals surface area contributed by atoms with Gasteiger partial charge in [0.15, 0.2) is 8.32 Å². The van der Waals surface area contributed by atoms with E-state index in [2.05, 4.69) is 65.1 Å². The van der Waals surface area contributed by atoms with Crippen molar-refractivity contribution < 1.29 is 14.0 Å². The summed E-state index contributed by atoms with van der Waals surface area (Å²) in [6.07, 6.45) is 4.94. The highest BCUT2D eigenvalue weighted by Crippen LogP contribution is 2.53. The fourth-order valence-electron chi connectivity index (χ4n) is 4.62. The Bertz CT molecular complexity index is 785. The summed E-state index contributed by atoms with van der Waals surface area (Å²) < 4.78 is 13.4. The van der Waals surface area contributed by atoms with Crippen LogP contribution in [0.3, 0.4) is 0 Å². The van der Waals surface area contributed by atoms with Gasteiger partial charge >= 0.3 is 0 Å². The van der Waals surface area contributed by atoms with Crippen molar-refractivity contribution in [1.29, 1.82) is 0 Å². The van der Waals surface area contributed by atoms with E-state index >= 15 is 0 Å². The Hall–Kier alpha value is -1.43. The molecule has 3 heterocycles. The third kappa shape index (κ3) is 2.99. The lowest BCUT2D eigenvalue weighted by Crippen LogP contribution is -2.68. The van der Waals surface area contributed by atoms with Gasteiger partial charge in [-0.1, -0.05) is 63.3 Å². The van der Waals surface area contributed by atoms with Gasteiger partial charge in [-0.25, -0.2) is 0 Å². The van der Waals surface area contributed by atoms with Crippen LogP contribution in [0.4, 0.5) is 0 Å². The van der Waals surface area contributed by atoms with Gasteiger partial charge in [0, 0.05) is 6.54 Å². The van der Waals surface area contributed by atoms with Crippen molar-refractivity contribution in [3.05, 3.63) is 48.0 Å². The van der Waals surface area contributed by atoms with E-state index in [1.807, 2.05) is 23.1 Å². The third-order valence-electron chi connectivity index (χ3n) is 7.32. The second-order valence-corrected chi connectivity index (χ2v) is 14.9. The molecule has 2 fully saturated rings. The normalized spacial score (nSPS) is 34.8. The summed E-state index contributed by atoms with van der Waals surface area (Å²) in [5.41, 5.74) is 0.563. The summed E-state index contributed by atoms with van der Waals surface area (Å²) in [6.45, 7) is 14.1. The summed E-state index contributed by atoms with van der Waals surface area (Å²) in [4.78, 5) is 15.5. The molecule has 2 bridgehead atoms. The van der Waals surface area contributed by atoms with Crippen LogP contribution in [0.15, 0.2) is 42.5 Å². The molecular weight excluding hydrogens is 366 g/mol.